The van der Waals surface area contributed by atoms with Gasteiger partial charge in [-0.3, -0.25) is 14.4 Å². The van der Waals surface area contributed by atoms with E-state index in [1.807, 2.05) is 13.8 Å². The maximum Gasteiger partial charge on any atom is 0.323 e. The summed E-state index contributed by atoms with van der Waals surface area (Å²) in [5, 5.41) is 10.9. The van der Waals surface area contributed by atoms with E-state index in [4.69, 9.17) is 19.9 Å². The maximum absolute atomic E-state index is 13.3. The van der Waals surface area contributed by atoms with E-state index in [9.17, 15) is 19.5 Å². The Morgan fingerprint density at radius 2 is 1.62 bits per heavy atom. The van der Waals surface area contributed by atoms with Crippen molar-refractivity contribution in [2.45, 2.75) is 126 Å². The third kappa shape index (κ3) is 4.85. The molecule has 1 saturated heterocycles. The quantitative estimate of drug-likeness (QED) is 0.245. The second-order valence-electron chi connectivity index (χ2n) is 17.3. The first-order valence-corrected chi connectivity index (χ1v) is 17.4. The number of carbonyl (C=O) groups is 3. The average molecular weight is 630 g/mol. The van der Waals surface area contributed by atoms with Crippen molar-refractivity contribution >= 4 is 17.9 Å². The molecule has 0 amide bonds. The van der Waals surface area contributed by atoms with Gasteiger partial charge in [0.1, 0.15) is 18.2 Å². The van der Waals surface area contributed by atoms with Crippen LogP contribution in [0.1, 0.15) is 108 Å². The van der Waals surface area contributed by atoms with Crippen molar-refractivity contribution in [2.75, 3.05) is 13.2 Å². The van der Waals surface area contributed by atoms with Crippen molar-refractivity contribution < 1.29 is 33.7 Å². The summed E-state index contributed by atoms with van der Waals surface area (Å²) in [5.74, 6) is -1.06. The summed E-state index contributed by atoms with van der Waals surface area (Å²) >= 11 is 0. The Balaban J connectivity index is 1.59. The largest absolute Gasteiger partial charge is 0.481 e. The molecule has 0 aromatic carbocycles. The van der Waals surface area contributed by atoms with Crippen LogP contribution in [0.3, 0.4) is 0 Å². The highest BCUT2D eigenvalue weighted by Gasteiger charge is 2.72. The van der Waals surface area contributed by atoms with Gasteiger partial charge in [0.05, 0.1) is 19.1 Å². The Morgan fingerprint density at radius 3 is 2.20 bits per heavy atom. The molecular weight excluding hydrogens is 570 g/mol. The zero-order valence-corrected chi connectivity index (χ0v) is 29.4. The molecule has 3 saturated carbocycles. The van der Waals surface area contributed by atoms with Crippen LogP contribution in [0, 0.1) is 62.6 Å². The Bertz CT molecular complexity index is 1240. The number of carboxylic acid groups (broad SMARTS) is 1. The first-order valence-electron chi connectivity index (χ1n) is 17.4. The minimum absolute atomic E-state index is 0.0869. The molecule has 1 heterocycles. The first kappa shape index (κ1) is 34.4. The van der Waals surface area contributed by atoms with Crippen molar-refractivity contribution in [3.8, 4) is 0 Å². The fourth-order valence-electron chi connectivity index (χ4n) is 11.6. The molecule has 45 heavy (non-hydrogen) atoms. The van der Waals surface area contributed by atoms with Gasteiger partial charge in [-0.05, 0) is 84.4 Å². The number of rotatable bonds is 7. The fraction of sp³-hybridized carbons (Fsp3) is 0.865. The molecule has 3 N–H and O–H groups in total. The second kappa shape index (κ2) is 11.4. The van der Waals surface area contributed by atoms with E-state index in [0.717, 1.165) is 25.7 Å². The molecule has 0 aromatic heterocycles. The number of carboxylic acids is 1. The van der Waals surface area contributed by atoms with Crippen LogP contribution in [0.2, 0.25) is 0 Å². The summed E-state index contributed by atoms with van der Waals surface area (Å²) in [6, 6.07) is -0.769. The van der Waals surface area contributed by atoms with E-state index in [1.165, 1.54) is 12.5 Å². The van der Waals surface area contributed by atoms with Crippen LogP contribution in [0.25, 0.3) is 0 Å². The maximum atomic E-state index is 13.3. The number of aliphatic carboxylic acids is 1. The SMILES string of the molecule is CC(=O)O[C@@H]1C[C@@]23COC[C@@](C)([C@@H]2CC[C@H]2C3=CC[C@@]3(C)[C@H](C(=O)O)[C@@](C)(C(C)C(C)C)CC[C@]23C)[C@H]1OC(=O)C(N)C(C)C. The Labute approximate surface area is 270 Å². The van der Waals surface area contributed by atoms with Gasteiger partial charge in [-0.2, -0.15) is 0 Å². The van der Waals surface area contributed by atoms with Crippen LogP contribution in [0.5, 0.6) is 0 Å². The summed E-state index contributed by atoms with van der Waals surface area (Å²) in [4.78, 5) is 39.1. The standard InChI is InChI=1S/C37H59NO7/c1-20(2)22(5)33(7)15-16-35(9)24-11-12-27-34(8)18-43-19-37(27,25(24)13-14-36(35,10)29(33)31(40)41)17-26(44-23(6)39)30(34)45-32(42)28(38)21(3)4/h13,20-22,24,26-30H,11-12,14-19,38H2,1-10H3,(H,40,41)/t22?,24-,26+,27-,28?,29+,30-,33+,34-,35+,36-,37-/m0/s1. The summed E-state index contributed by atoms with van der Waals surface area (Å²) in [5.41, 5.74) is 5.69. The number of allylic oxidation sites excluding steroid dienone is 1. The molecule has 8 heteroatoms. The first-order chi connectivity index (χ1) is 20.8. The lowest BCUT2D eigenvalue weighted by atomic mass is 9.34. The molecule has 2 unspecified atom stereocenters. The minimum Gasteiger partial charge on any atom is -0.481 e. The van der Waals surface area contributed by atoms with E-state index < -0.39 is 52.9 Å². The van der Waals surface area contributed by atoms with Gasteiger partial charge in [-0.1, -0.05) is 74.0 Å². The molecule has 4 aliphatic carbocycles. The number of hydrogen-bond acceptors (Lipinski definition) is 7. The molecule has 254 valence electrons. The molecule has 5 rings (SSSR count). The number of ether oxygens (including phenoxy) is 3. The van der Waals surface area contributed by atoms with Gasteiger partial charge >= 0.3 is 17.9 Å². The van der Waals surface area contributed by atoms with Crippen molar-refractivity contribution in [2.24, 2.45) is 68.3 Å². The van der Waals surface area contributed by atoms with Crippen LogP contribution in [0.15, 0.2) is 11.6 Å². The van der Waals surface area contributed by atoms with Crippen LogP contribution < -0.4 is 5.73 Å². The van der Waals surface area contributed by atoms with Crippen LogP contribution in [-0.4, -0.2) is 54.5 Å². The van der Waals surface area contributed by atoms with E-state index in [2.05, 4.69) is 54.5 Å². The molecule has 2 bridgehead atoms. The zero-order chi connectivity index (χ0) is 33.5. The molecule has 8 nitrogen and oxygen atoms in total. The Morgan fingerprint density at radius 1 is 0.956 bits per heavy atom. The number of fused-ring (bicyclic) bond motifs is 3. The summed E-state index contributed by atoms with van der Waals surface area (Å²) < 4.78 is 18.7. The molecule has 1 aliphatic heterocycles. The Hall–Kier alpha value is -1.93. The van der Waals surface area contributed by atoms with Gasteiger partial charge in [-0.25, -0.2) is 0 Å². The van der Waals surface area contributed by atoms with E-state index in [1.54, 1.807) is 0 Å². The predicted molar refractivity (Wildman–Crippen MR) is 172 cm³/mol. The zero-order valence-electron chi connectivity index (χ0n) is 29.4. The lowest BCUT2D eigenvalue weighted by Crippen LogP contribution is -2.70. The minimum atomic E-state index is -0.769. The van der Waals surface area contributed by atoms with E-state index in [0.29, 0.717) is 32.0 Å². The summed E-state index contributed by atoms with van der Waals surface area (Å²) in [6.07, 6.45) is 6.03. The molecule has 4 fully saturated rings. The molecule has 0 aromatic rings. The van der Waals surface area contributed by atoms with Crippen molar-refractivity contribution in [3.05, 3.63) is 11.6 Å². The highest BCUT2D eigenvalue weighted by molar-refractivity contribution is 5.76. The lowest BCUT2D eigenvalue weighted by molar-refractivity contribution is -0.263. The van der Waals surface area contributed by atoms with Gasteiger partial charge in [0.25, 0.3) is 0 Å². The van der Waals surface area contributed by atoms with Crippen molar-refractivity contribution in [3.63, 3.8) is 0 Å². The second-order valence-corrected chi connectivity index (χ2v) is 17.3. The number of esters is 2. The number of nitrogens with two attached hydrogens (primary N) is 1. The summed E-state index contributed by atoms with van der Waals surface area (Å²) in [7, 11) is 0. The lowest BCUT2D eigenvalue weighted by Gasteiger charge is -2.71. The van der Waals surface area contributed by atoms with Crippen LogP contribution >= 0.6 is 0 Å². The van der Waals surface area contributed by atoms with Gasteiger partial charge in [0, 0.05) is 17.8 Å². The monoisotopic (exact) mass is 629 g/mol. The van der Waals surface area contributed by atoms with E-state index in [-0.39, 0.29) is 39.9 Å². The normalized spacial score (nSPS) is 45.4. The average Bonchev–Trinajstić information content (AvgIpc) is 2.94. The Kier molecular flexibility index (Phi) is 8.68. The molecule has 12 atom stereocenters. The molecule has 5 aliphatic rings. The number of carbonyl (C=O) groups excluding carboxylic acids is 2. The topological polar surface area (TPSA) is 125 Å². The van der Waals surface area contributed by atoms with Gasteiger partial charge < -0.3 is 25.1 Å². The molecule has 0 spiro atoms. The van der Waals surface area contributed by atoms with Gasteiger partial charge in [0.15, 0.2) is 0 Å². The smallest absolute Gasteiger partial charge is 0.323 e. The third-order valence-corrected chi connectivity index (χ3v) is 14.6. The predicted octanol–water partition coefficient (Wildman–Crippen LogP) is 6.40. The molecular formula is C37H59NO7. The van der Waals surface area contributed by atoms with Crippen molar-refractivity contribution in [1.82, 2.24) is 0 Å². The number of hydrogen-bond donors (Lipinski definition) is 2. The van der Waals surface area contributed by atoms with Gasteiger partial charge in [0.2, 0.25) is 0 Å². The van der Waals surface area contributed by atoms with Gasteiger partial charge in [-0.15, -0.1) is 0 Å². The van der Waals surface area contributed by atoms with Crippen molar-refractivity contribution in [1.29, 1.82) is 0 Å². The third-order valence-electron chi connectivity index (χ3n) is 14.6. The van der Waals surface area contributed by atoms with Crippen LogP contribution in [-0.2, 0) is 28.6 Å². The highest BCUT2D eigenvalue weighted by Crippen LogP contribution is 2.75. The molecule has 0 radical (unpaired) electrons. The van der Waals surface area contributed by atoms with Crippen LogP contribution in [0.4, 0.5) is 0 Å². The fourth-order valence-corrected chi connectivity index (χ4v) is 11.6. The highest BCUT2D eigenvalue weighted by atomic mass is 16.6. The van der Waals surface area contributed by atoms with E-state index >= 15 is 0 Å². The summed E-state index contributed by atoms with van der Waals surface area (Å²) in [6.45, 7) is 21.8.